The summed E-state index contributed by atoms with van der Waals surface area (Å²) < 4.78 is 31.7. The van der Waals surface area contributed by atoms with Crippen LogP contribution < -0.4 is 0 Å². The molecular formula is C58H120O9. The molecule has 0 saturated heterocycles. The second-order valence-corrected chi connectivity index (χ2v) is 21.7. The Labute approximate surface area is 418 Å². The van der Waals surface area contributed by atoms with E-state index in [1.807, 2.05) is 69.2 Å². The highest BCUT2D eigenvalue weighted by molar-refractivity contribution is 4.94. The van der Waals surface area contributed by atoms with Gasteiger partial charge in [-0.1, -0.05) is 60.8 Å². The van der Waals surface area contributed by atoms with Crippen LogP contribution in [0.15, 0.2) is 0 Å². The fraction of sp³-hybridized carbons (Fsp3) is 1.00. The van der Waals surface area contributed by atoms with Crippen LogP contribution in [0, 0.1) is 76.9 Å². The molecule has 6 bridgehead atoms. The molecule has 67 heavy (non-hydrogen) atoms. The normalized spacial score (nSPS) is 31.4. The maximum Gasteiger partial charge on any atom is 0.155 e. The van der Waals surface area contributed by atoms with Crippen LogP contribution in [0.1, 0.15) is 221 Å². The lowest BCUT2D eigenvalue weighted by Gasteiger charge is -2.24. The summed E-state index contributed by atoms with van der Waals surface area (Å²) in [6, 6.07) is 0. The van der Waals surface area contributed by atoms with E-state index >= 15 is 0 Å². The van der Waals surface area contributed by atoms with Crippen LogP contribution in [0.3, 0.4) is 0 Å². The molecule has 14 atom stereocenters. The quantitative estimate of drug-likeness (QED) is 0.164. The molecule has 9 nitrogen and oxygen atoms in total. The molecule has 7 aliphatic carbocycles. The summed E-state index contributed by atoms with van der Waals surface area (Å²) >= 11 is 0. The molecule has 14 unspecified atom stereocenters. The van der Waals surface area contributed by atoms with E-state index in [1.165, 1.54) is 70.6 Å². The first-order chi connectivity index (χ1) is 31.7. The predicted molar refractivity (Wildman–Crippen MR) is 284 cm³/mol. The molecule has 0 aromatic rings. The number of aliphatic hydroxyl groups excluding tert-OH is 3. The summed E-state index contributed by atoms with van der Waals surface area (Å²) in [7, 11) is 0. The highest BCUT2D eigenvalue weighted by atomic mass is 16.7. The minimum atomic E-state index is -0.103. The van der Waals surface area contributed by atoms with Gasteiger partial charge in [-0.3, -0.25) is 0 Å². The second-order valence-electron chi connectivity index (χ2n) is 21.7. The van der Waals surface area contributed by atoms with E-state index in [0.717, 1.165) is 103 Å². The van der Waals surface area contributed by atoms with Gasteiger partial charge in [-0.05, 0) is 238 Å². The van der Waals surface area contributed by atoms with E-state index in [1.54, 1.807) is 40.0 Å². The monoisotopic (exact) mass is 961 g/mol. The van der Waals surface area contributed by atoms with Crippen LogP contribution in [-0.4, -0.2) is 92.6 Å². The second kappa shape index (κ2) is 41.1. The average molecular weight is 962 g/mol. The molecule has 0 spiro atoms. The highest BCUT2D eigenvalue weighted by Crippen LogP contribution is 2.53. The summed E-state index contributed by atoms with van der Waals surface area (Å²) in [6.07, 6.45) is 20.6. The molecule has 7 aliphatic rings. The number of aliphatic hydroxyl groups is 3. The van der Waals surface area contributed by atoms with Crippen molar-refractivity contribution in [3.63, 3.8) is 0 Å². The van der Waals surface area contributed by atoms with Gasteiger partial charge >= 0.3 is 0 Å². The van der Waals surface area contributed by atoms with Gasteiger partial charge < -0.3 is 43.7 Å². The highest BCUT2D eigenvalue weighted by Gasteiger charge is 2.44. The fourth-order valence-corrected chi connectivity index (χ4v) is 11.8. The largest absolute Gasteiger partial charge is 0.397 e. The van der Waals surface area contributed by atoms with E-state index in [4.69, 9.17) is 43.7 Å². The zero-order valence-electron chi connectivity index (χ0n) is 48.1. The number of ether oxygens (including phenoxy) is 6. The Kier molecular flexibility index (Phi) is 42.2. The molecule has 0 aromatic carbocycles. The molecule has 0 radical (unpaired) electrons. The van der Waals surface area contributed by atoms with Gasteiger partial charge in [0.1, 0.15) is 0 Å². The molecule has 7 saturated carbocycles. The third-order valence-electron chi connectivity index (χ3n) is 15.9. The summed E-state index contributed by atoms with van der Waals surface area (Å²) in [5.74, 6) is 13.8. The van der Waals surface area contributed by atoms with Crippen LogP contribution in [0.5, 0.6) is 0 Å². The minimum Gasteiger partial charge on any atom is -0.397 e. The zero-order valence-corrected chi connectivity index (χ0v) is 48.1. The molecule has 7 fully saturated rings. The molecular weight excluding hydrogens is 841 g/mol. The van der Waals surface area contributed by atoms with Crippen LogP contribution >= 0.6 is 0 Å². The van der Waals surface area contributed by atoms with Crippen molar-refractivity contribution >= 4 is 0 Å². The van der Waals surface area contributed by atoms with E-state index in [-0.39, 0.29) is 44.3 Å². The van der Waals surface area contributed by atoms with Gasteiger partial charge in [0.15, 0.2) is 18.9 Å². The summed E-state index contributed by atoms with van der Waals surface area (Å²) in [5, 5.41) is 22.7. The topological polar surface area (TPSA) is 116 Å². The van der Waals surface area contributed by atoms with Crippen molar-refractivity contribution in [2.75, 3.05) is 52.9 Å². The molecule has 3 N–H and O–H groups in total. The van der Waals surface area contributed by atoms with E-state index in [0.29, 0.717) is 6.61 Å². The average Bonchev–Trinajstić information content (AvgIpc) is 4.15. The van der Waals surface area contributed by atoms with Crippen molar-refractivity contribution < 1.29 is 43.7 Å². The standard InChI is InChI=1S/C11H22O2.3C9H16.C8H18O2.C6H14O2.3C2H6O/c1-3-12-10(2)13-9-11-7-5-4-6-8-11;3*1-6-7(2)9-4-3-8(6)5-9;1-6-9-7(2)10-8(3,4)5;1-4-7-6(3)8-5-2;3*1-2-3/h10-11H,3-9H2,1-2H3;3*6-9H,3-5H2,1-2H3;7H,6H2,1-5H3;6H,4-5H2,1-3H3;3*3H,2H2,1H3. The Balaban J connectivity index is 0. The Morgan fingerprint density at radius 2 is 0.627 bits per heavy atom. The predicted octanol–water partition coefficient (Wildman–Crippen LogP) is 14.6. The first kappa shape index (κ1) is 68.7. The van der Waals surface area contributed by atoms with E-state index in [2.05, 4.69) is 41.5 Å². The lowest BCUT2D eigenvalue weighted by Crippen LogP contribution is -2.27. The summed E-state index contributed by atoms with van der Waals surface area (Å²) in [6.45, 7) is 43.9. The minimum absolute atomic E-state index is 0.0214. The van der Waals surface area contributed by atoms with Crippen molar-refractivity contribution in [1.29, 1.82) is 0 Å². The van der Waals surface area contributed by atoms with E-state index in [9.17, 15) is 0 Å². The van der Waals surface area contributed by atoms with Crippen LogP contribution in [0.4, 0.5) is 0 Å². The SMILES string of the molecule is CC1C2CCC(C2)C1C.CC1C2CCC(C2)C1C.CC1C2CCC(C2)C1C.CCO.CCO.CCO.CCOC(C)OC(C)(C)C.CCOC(C)OCC.CCOC(C)OCC1CCCCC1. The molecule has 9 heteroatoms. The van der Waals surface area contributed by atoms with Crippen molar-refractivity contribution in [3.05, 3.63) is 0 Å². The van der Waals surface area contributed by atoms with Crippen LogP contribution in [0.2, 0.25) is 0 Å². The van der Waals surface area contributed by atoms with Crippen molar-refractivity contribution in [1.82, 2.24) is 0 Å². The molecule has 0 amide bonds. The van der Waals surface area contributed by atoms with Crippen molar-refractivity contribution in [2.24, 2.45) is 76.9 Å². The lowest BCUT2D eigenvalue weighted by atomic mass is 9.82. The molecule has 0 aliphatic heterocycles. The molecule has 7 rings (SSSR count). The molecule has 406 valence electrons. The Bertz CT molecular complexity index is 929. The Morgan fingerprint density at radius 1 is 0.388 bits per heavy atom. The lowest BCUT2D eigenvalue weighted by molar-refractivity contribution is -0.182. The number of hydrogen-bond donors (Lipinski definition) is 3. The van der Waals surface area contributed by atoms with Gasteiger partial charge in [0, 0.05) is 46.2 Å². The number of hydrogen-bond acceptors (Lipinski definition) is 9. The summed E-state index contributed by atoms with van der Waals surface area (Å²) in [4.78, 5) is 0. The zero-order chi connectivity index (χ0) is 51.5. The molecule has 0 heterocycles. The van der Waals surface area contributed by atoms with Gasteiger partial charge in [-0.15, -0.1) is 0 Å². The third kappa shape index (κ3) is 31.0. The molecule has 0 aromatic heterocycles. The third-order valence-corrected chi connectivity index (χ3v) is 15.9. The first-order valence-corrected chi connectivity index (χ1v) is 28.3. The van der Waals surface area contributed by atoms with E-state index < -0.39 is 0 Å². The fourth-order valence-electron chi connectivity index (χ4n) is 11.8. The van der Waals surface area contributed by atoms with Gasteiger partial charge in [0.05, 0.1) is 12.2 Å². The van der Waals surface area contributed by atoms with Gasteiger partial charge in [-0.25, -0.2) is 0 Å². The Hall–Kier alpha value is -0.360. The van der Waals surface area contributed by atoms with Crippen LogP contribution in [0.25, 0.3) is 0 Å². The van der Waals surface area contributed by atoms with Gasteiger partial charge in [0.2, 0.25) is 0 Å². The number of fused-ring (bicyclic) bond motifs is 6. The first-order valence-electron chi connectivity index (χ1n) is 28.3. The summed E-state index contributed by atoms with van der Waals surface area (Å²) in [5.41, 5.74) is -0.103. The van der Waals surface area contributed by atoms with Crippen molar-refractivity contribution in [3.8, 4) is 0 Å². The maximum atomic E-state index is 7.57. The van der Waals surface area contributed by atoms with Crippen LogP contribution in [-0.2, 0) is 28.4 Å². The smallest absolute Gasteiger partial charge is 0.155 e. The maximum absolute atomic E-state index is 7.57. The van der Waals surface area contributed by atoms with Gasteiger partial charge in [0.25, 0.3) is 0 Å². The van der Waals surface area contributed by atoms with Crippen molar-refractivity contribution in [2.45, 2.75) is 246 Å². The Morgan fingerprint density at radius 3 is 0.836 bits per heavy atom. The van der Waals surface area contributed by atoms with Gasteiger partial charge in [-0.2, -0.15) is 0 Å². The number of rotatable bonds is 12.